The molecule has 0 saturated carbocycles. The number of hydrogen-bond donors (Lipinski definition) is 6. The maximum absolute atomic E-state index is 13.4. The Bertz CT molecular complexity index is 1320. The van der Waals surface area contributed by atoms with E-state index in [9.17, 15) is 36.3 Å². The maximum atomic E-state index is 13.4. The first-order valence-electron chi connectivity index (χ1n) is 12.8. The standard InChI is InChI=1S/C25H40N6O8S2/c1-5-17(3)22(24(35)29-18(15-21(32)33)12-14-40(4,36)37)30-23(34)20(7-6-13-28-25(26)27)31-41(38,39)19-10-8-16(2)9-11-19/h8-12,14,17-18,20,22,31H,5-7,13,15H2,1-4H3,(H,29,35)(H,30,34)(H,32,33)(H4,26,27,28)/b14-12+/t17?,18-,20+,22-/m1/s1. The number of amides is 2. The number of nitrogens with two attached hydrogens (primary N) is 2. The van der Waals surface area contributed by atoms with Gasteiger partial charge in [0.1, 0.15) is 12.1 Å². The normalized spacial score (nSPS) is 14.9. The van der Waals surface area contributed by atoms with E-state index < -0.39 is 68.1 Å². The minimum atomic E-state index is -4.14. The number of aryl methyl sites for hydroxylation is 1. The van der Waals surface area contributed by atoms with Gasteiger partial charge < -0.3 is 27.2 Å². The number of carbonyl (C=O) groups excluding carboxylic acids is 2. The summed E-state index contributed by atoms with van der Waals surface area (Å²) in [6.07, 6.45) is 1.98. The van der Waals surface area contributed by atoms with Gasteiger partial charge in [0.05, 0.1) is 17.4 Å². The number of guanidine groups is 1. The van der Waals surface area contributed by atoms with Crippen molar-refractivity contribution in [2.75, 3.05) is 12.8 Å². The summed E-state index contributed by atoms with van der Waals surface area (Å²) in [7, 11) is -7.74. The smallest absolute Gasteiger partial charge is 0.305 e. The molecule has 0 aliphatic rings. The van der Waals surface area contributed by atoms with Crippen LogP contribution in [0, 0.1) is 12.8 Å². The molecule has 1 unspecified atom stereocenters. The molecule has 1 aromatic rings. The molecule has 0 bridgehead atoms. The van der Waals surface area contributed by atoms with Crippen molar-refractivity contribution in [1.82, 2.24) is 15.4 Å². The van der Waals surface area contributed by atoms with Gasteiger partial charge in [-0.15, -0.1) is 0 Å². The number of sulfonamides is 1. The Morgan fingerprint density at radius 2 is 1.66 bits per heavy atom. The van der Waals surface area contributed by atoms with Gasteiger partial charge in [-0.05, 0) is 37.8 Å². The van der Waals surface area contributed by atoms with E-state index in [0.29, 0.717) is 6.42 Å². The average Bonchev–Trinajstić information content (AvgIpc) is 2.86. The van der Waals surface area contributed by atoms with Gasteiger partial charge in [0, 0.05) is 18.2 Å². The third-order valence-electron chi connectivity index (χ3n) is 5.96. The zero-order valence-electron chi connectivity index (χ0n) is 23.5. The highest BCUT2D eigenvalue weighted by Gasteiger charge is 2.32. The molecule has 14 nitrogen and oxygen atoms in total. The maximum Gasteiger partial charge on any atom is 0.305 e. The van der Waals surface area contributed by atoms with E-state index in [1.165, 1.54) is 12.1 Å². The molecular formula is C25H40N6O8S2. The Hall–Kier alpha value is -3.50. The number of aliphatic carboxylic acids is 1. The van der Waals surface area contributed by atoms with Gasteiger partial charge in [0.25, 0.3) is 0 Å². The lowest BCUT2D eigenvalue weighted by molar-refractivity contribution is -0.137. The topological polar surface area (TPSA) is 240 Å². The van der Waals surface area contributed by atoms with E-state index >= 15 is 0 Å². The summed E-state index contributed by atoms with van der Waals surface area (Å²) in [6.45, 7) is 5.36. The van der Waals surface area contributed by atoms with Crippen molar-refractivity contribution in [1.29, 1.82) is 0 Å². The fourth-order valence-electron chi connectivity index (χ4n) is 3.54. The zero-order valence-corrected chi connectivity index (χ0v) is 25.2. The highest BCUT2D eigenvalue weighted by molar-refractivity contribution is 7.93. The summed E-state index contributed by atoms with van der Waals surface area (Å²) in [5, 5.41) is 15.0. The van der Waals surface area contributed by atoms with E-state index in [2.05, 4.69) is 20.3 Å². The van der Waals surface area contributed by atoms with Crippen molar-refractivity contribution in [3.05, 3.63) is 41.3 Å². The van der Waals surface area contributed by atoms with Gasteiger partial charge in [-0.25, -0.2) is 16.8 Å². The van der Waals surface area contributed by atoms with Crippen molar-refractivity contribution < 1.29 is 36.3 Å². The molecular weight excluding hydrogens is 576 g/mol. The van der Waals surface area contributed by atoms with Crippen LogP contribution < -0.4 is 26.8 Å². The molecule has 8 N–H and O–H groups in total. The summed E-state index contributed by atoms with van der Waals surface area (Å²) in [5.74, 6) is -3.48. The fourth-order valence-corrected chi connectivity index (χ4v) is 5.25. The molecule has 4 atom stereocenters. The predicted molar refractivity (Wildman–Crippen MR) is 155 cm³/mol. The Labute approximate surface area is 241 Å². The second-order valence-corrected chi connectivity index (χ2v) is 13.3. The molecule has 2 amide bonds. The largest absolute Gasteiger partial charge is 0.481 e. The number of carbonyl (C=O) groups is 3. The van der Waals surface area contributed by atoms with Gasteiger partial charge in [0.15, 0.2) is 15.8 Å². The summed E-state index contributed by atoms with van der Waals surface area (Å²) in [6, 6.07) is 2.32. The third kappa shape index (κ3) is 13.6. The van der Waals surface area contributed by atoms with Gasteiger partial charge in [-0.3, -0.25) is 19.4 Å². The van der Waals surface area contributed by atoms with Gasteiger partial charge >= 0.3 is 5.97 Å². The quantitative estimate of drug-likeness (QED) is 0.0761. The minimum absolute atomic E-state index is 0.0126. The van der Waals surface area contributed by atoms with E-state index in [-0.39, 0.29) is 30.2 Å². The molecule has 1 aromatic carbocycles. The molecule has 0 fully saturated rings. The molecule has 0 saturated heterocycles. The number of nitrogens with one attached hydrogen (secondary N) is 3. The van der Waals surface area contributed by atoms with E-state index in [1.54, 1.807) is 32.9 Å². The van der Waals surface area contributed by atoms with Crippen LogP contribution in [0.25, 0.3) is 0 Å². The van der Waals surface area contributed by atoms with Gasteiger partial charge in [-0.1, -0.05) is 44.0 Å². The number of carboxylic acids is 1. The van der Waals surface area contributed by atoms with Crippen LogP contribution in [0.2, 0.25) is 0 Å². The second kappa shape index (κ2) is 16.1. The number of aliphatic imine (C=N–C) groups is 1. The molecule has 1 rings (SSSR count). The van der Waals surface area contributed by atoms with Crippen LogP contribution in [0.3, 0.4) is 0 Å². The Morgan fingerprint density at radius 1 is 1.05 bits per heavy atom. The van der Waals surface area contributed by atoms with E-state index in [4.69, 9.17) is 11.5 Å². The second-order valence-electron chi connectivity index (χ2n) is 9.68. The van der Waals surface area contributed by atoms with E-state index in [0.717, 1.165) is 23.3 Å². The molecule has 0 aliphatic heterocycles. The Morgan fingerprint density at radius 3 is 2.17 bits per heavy atom. The summed E-state index contributed by atoms with van der Waals surface area (Å²) in [5.41, 5.74) is 11.5. The van der Waals surface area contributed by atoms with E-state index in [1.807, 2.05) is 0 Å². The fraction of sp³-hybridized carbons (Fsp3) is 0.520. The first kappa shape index (κ1) is 35.5. The zero-order chi connectivity index (χ0) is 31.4. The van der Waals surface area contributed by atoms with Crippen molar-refractivity contribution in [2.24, 2.45) is 22.4 Å². The molecule has 41 heavy (non-hydrogen) atoms. The monoisotopic (exact) mass is 616 g/mol. The third-order valence-corrected chi connectivity index (χ3v) is 8.10. The average molecular weight is 617 g/mol. The van der Waals surface area contributed by atoms with Crippen LogP contribution in [0.15, 0.2) is 45.6 Å². The van der Waals surface area contributed by atoms with Crippen molar-refractivity contribution in [3.8, 4) is 0 Å². The molecule has 0 aliphatic carbocycles. The minimum Gasteiger partial charge on any atom is -0.481 e. The van der Waals surface area contributed by atoms with Crippen LogP contribution in [-0.2, 0) is 34.2 Å². The predicted octanol–water partition coefficient (Wildman–Crippen LogP) is -0.256. The SMILES string of the molecule is CCC(C)[C@@H](NC(=O)[C@H](CCCN=C(N)N)NS(=O)(=O)c1ccc(C)cc1)C(=O)N[C@H](/C=C/S(C)(=O)=O)CC(=O)O. The van der Waals surface area contributed by atoms with Crippen LogP contribution in [0.4, 0.5) is 0 Å². The molecule has 230 valence electrons. The highest BCUT2D eigenvalue weighted by atomic mass is 32.2. The van der Waals surface area contributed by atoms with Crippen molar-refractivity contribution in [3.63, 3.8) is 0 Å². The van der Waals surface area contributed by atoms with Gasteiger partial charge in [0.2, 0.25) is 21.8 Å². The lowest BCUT2D eigenvalue weighted by atomic mass is 9.97. The lowest BCUT2D eigenvalue weighted by Gasteiger charge is -2.27. The summed E-state index contributed by atoms with van der Waals surface area (Å²) in [4.78, 5) is 41.7. The number of hydrogen-bond acceptors (Lipinski definition) is 8. The van der Waals surface area contributed by atoms with Crippen molar-refractivity contribution >= 4 is 43.6 Å². The Balaban J connectivity index is 3.26. The van der Waals surface area contributed by atoms with Crippen LogP contribution >= 0.6 is 0 Å². The summed E-state index contributed by atoms with van der Waals surface area (Å²) >= 11 is 0. The molecule has 0 radical (unpaired) electrons. The number of carboxylic acid groups (broad SMARTS) is 1. The number of nitrogens with zero attached hydrogens (tertiary/aromatic N) is 1. The number of rotatable bonds is 17. The summed E-state index contributed by atoms with van der Waals surface area (Å²) < 4.78 is 51.5. The lowest BCUT2D eigenvalue weighted by Crippen LogP contribution is -2.56. The molecule has 0 aromatic heterocycles. The van der Waals surface area contributed by atoms with Crippen LogP contribution in [0.1, 0.15) is 45.1 Å². The first-order valence-corrected chi connectivity index (χ1v) is 16.2. The van der Waals surface area contributed by atoms with Gasteiger partial charge in [-0.2, -0.15) is 4.72 Å². The molecule has 0 spiro atoms. The van der Waals surface area contributed by atoms with Crippen LogP contribution in [-0.4, -0.2) is 76.6 Å². The Kier molecular flexibility index (Phi) is 13.9. The van der Waals surface area contributed by atoms with Crippen LogP contribution in [0.5, 0.6) is 0 Å². The number of benzene rings is 1. The molecule has 0 heterocycles. The van der Waals surface area contributed by atoms with Crippen molar-refractivity contribution in [2.45, 2.75) is 69.5 Å². The number of sulfone groups is 1. The first-order chi connectivity index (χ1) is 18.9. The molecule has 16 heteroatoms. The highest BCUT2D eigenvalue weighted by Crippen LogP contribution is 2.14.